The van der Waals surface area contributed by atoms with Crippen molar-refractivity contribution in [2.45, 2.75) is 6.54 Å². The number of nitrogens with two attached hydrogens (primary N) is 1. The number of rotatable bonds is 2. The molecule has 0 spiro atoms. The second-order valence-corrected chi connectivity index (χ2v) is 4.20. The van der Waals surface area contributed by atoms with Crippen molar-refractivity contribution in [2.24, 2.45) is 5.73 Å². The zero-order valence-electron chi connectivity index (χ0n) is 9.95. The van der Waals surface area contributed by atoms with Gasteiger partial charge < -0.3 is 10.7 Å². The SMILES string of the molecule is NCc1cccc2[nH]c(-c3c(F)cccc3F)nc12. The fourth-order valence-corrected chi connectivity index (χ4v) is 2.10. The molecule has 0 atom stereocenters. The van der Waals surface area contributed by atoms with Crippen LogP contribution in [0.2, 0.25) is 0 Å². The number of aromatic nitrogens is 2. The fourth-order valence-electron chi connectivity index (χ4n) is 2.10. The Morgan fingerprint density at radius 3 is 2.42 bits per heavy atom. The summed E-state index contributed by atoms with van der Waals surface area (Å²) in [5, 5.41) is 0. The lowest BCUT2D eigenvalue weighted by Crippen LogP contribution is -1.96. The van der Waals surface area contributed by atoms with Gasteiger partial charge in [0, 0.05) is 6.54 Å². The van der Waals surface area contributed by atoms with Crippen molar-refractivity contribution in [1.29, 1.82) is 0 Å². The van der Waals surface area contributed by atoms with E-state index in [1.807, 2.05) is 12.1 Å². The maximum absolute atomic E-state index is 13.7. The third-order valence-electron chi connectivity index (χ3n) is 3.02. The Bertz CT molecular complexity index is 729. The predicted molar refractivity (Wildman–Crippen MR) is 69.3 cm³/mol. The predicted octanol–water partition coefficient (Wildman–Crippen LogP) is 2.97. The average molecular weight is 259 g/mol. The molecule has 0 aliphatic carbocycles. The van der Waals surface area contributed by atoms with Gasteiger partial charge in [-0.1, -0.05) is 18.2 Å². The van der Waals surface area contributed by atoms with E-state index >= 15 is 0 Å². The first kappa shape index (κ1) is 11.8. The number of hydrogen-bond donors (Lipinski definition) is 2. The first-order valence-corrected chi connectivity index (χ1v) is 5.83. The molecule has 3 N–H and O–H groups in total. The normalized spacial score (nSPS) is 11.1. The van der Waals surface area contributed by atoms with Gasteiger partial charge in [-0.3, -0.25) is 0 Å². The van der Waals surface area contributed by atoms with Gasteiger partial charge in [-0.15, -0.1) is 0 Å². The Morgan fingerprint density at radius 1 is 1.05 bits per heavy atom. The number of nitrogens with zero attached hydrogens (tertiary/aromatic N) is 1. The Hall–Kier alpha value is -2.27. The molecule has 96 valence electrons. The molecule has 0 bridgehead atoms. The third kappa shape index (κ3) is 1.88. The van der Waals surface area contributed by atoms with Crippen molar-refractivity contribution >= 4 is 11.0 Å². The Morgan fingerprint density at radius 2 is 1.74 bits per heavy atom. The van der Waals surface area contributed by atoms with E-state index in [2.05, 4.69) is 9.97 Å². The molecule has 0 saturated carbocycles. The van der Waals surface area contributed by atoms with Crippen LogP contribution >= 0.6 is 0 Å². The highest BCUT2D eigenvalue weighted by Crippen LogP contribution is 2.26. The van der Waals surface area contributed by atoms with Crippen LogP contribution in [0.15, 0.2) is 36.4 Å². The molecule has 3 rings (SSSR count). The first-order valence-electron chi connectivity index (χ1n) is 5.83. The van der Waals surface area contributed by atoms with E-state index in [0.29, 0.717) is 17.6 Å². The van der Waals surface area contributed by atoms with Crippen LogP contribution in [0.5, 0.6) is 0 Å². The first-order chi connectivity index (χ1) is 9.20. The molecular formula is C14H11F2N3. The largest absolute Gasteiger partial charge is 0.338 e. The van der Waals surface area contributed by atoms with Crippen LogP contribution in [0.3, 0.4) is 0 Å². The van der Waals surface area contributed by atoms with Crippen LogP contribution in [0.4, 0.5) is 8.78 Å². The van der Waals surface area contributed by atoms with Crippen LogP contribution in [0, 0.1) is 11.6 Å². The smallest absolute Gasteiger partial charge is 0.144 e. The molecule has 0 unspecified atom stereocenters. The maximum Gasteiger partial charge on any atom is 0.144 e. The lowest BCUT2D eigenvalue weighted by molar-refractivity contribution is 0.588. The molecule has 0 radical (unpaired) electrons. The van der Waals surface area contributed by atoms with Crippen molar-refractivity contribution in [3.8, 4) is 11.4 Å². The topological polar surface area (TPSA) is 54.7 Å². The second-order valence-electron chi connectivity index (χ2n) is 4.20. The lowest BCUT2D eigenvalue weighted by Gasteiger charge is -2.00. The number of imidazole rings is 1. The van der Waals surface area contributed by atoms with Crippen LogP contribution in [0.1, 0.15) is 5.56 Å². The molecule has 19 heavy (non-hydrogen) atoms. The minimum atomic E-state index is -0.645. The van der Waals surface area contributed by atoms with E-state index in [-0.39, 0.29) is 11.4 Å². The highest BCUT2D eigenvalue weighted by atomic mass is 19.1. The van der Waals surface area contributed by atoms with Gasteiger partial charge in [-0.05, 0) is 23.8 Å². The molecule has 3 aromatic rings. The molecule has 2 aromatic carbocycles. The maximum atomic E-state index is 13.7. The van der Waals surface area contributed by atoms with E-state index in [4.69, 9.17) is 5.73 Å². The minimum absolute atomic E-state index is 0.151. The summed E-state index contributed by atoms with van der Waals surface area (Å²) in [6, 6.07) is 9.19. The molecule has 5 heteroatoms. The molecule has 1 aromatic heterocycles. The molecule has 0 aliphatic rings. The summed E-state index contributed by atoms with van der Waals surface area (Å²) < 4.78 is 27.4. The summed E-state index contributed by atoms with van der Waals surface area (Å²) in [7, 11) is 0. The number of H-pyrrole nitrogens is 1. The van der Waals surface area contributed by atoms with Gasteiger partial charge in [-0.25, -0.2) is 13.8 Å². The van der Waals surface area contributed by atoms with Gasteiger partial charge in [0.25, 0.3) is 0 Å². The van der Waals surface area contributed by atoms with Crippen LogP contribution in [0.25, 0.3) is 22.4 Å². The number of hydrogen-bond acceptors (Lipinski definition) is 2. The van der Waals surface area contributed by atoms with Crippen LogP contribution in [-0.2, 0) is 6.54 Å². The quantitative estimate of drug-likeness (QED) is 0.743. The number of halogens is 2. The van der Waals surface area contributed by atoms with Crippen molar-refractivity contribution < 1.29 is 8.78 Å². The summed E-state index contributed by atoms with van der Waals surface area (Å²) in [5.41, 5.74) is 7.65. The van der Waals surface area contributed by atoms with E-state index in [1.165, 1.54) is 18.2 Å². The molecule has 0 fully saturated rings. The monoisotopic (exact) mass is 259 g/mol. The zero-order valence-corrected chi connectivity index (χ0v) is 9.95. The molecule has 0 amide bonds. The van der Waals surface area contributed by atoms with Gasteiger partial charge in [0.05, 0.1) is 16.6 Å². The van der Waals surface area contributed by atoms with Crippen molar-refractivity contribution in [2.75, 3.05) is 0 Å². The van der Waals surface area contributed by atoms with Crippen LogP contribution < -0.4 is 5.73 Å². The highest BCUT2D eigenvalue weighted by molar-refractivity contribution is 5.82. The number of para-hydroxylation sites is 1. The Balaban J connectivity index is 2.27. The van der Waals surface area contributed by atoms with E-state index < -0.39 is 11.6 Å². The minimum Gasteiger partial charge on any atom is -0.338 e. The Labute approximate surface area is 108 Å². The van der Waals surface area contributed by atoms with Gasteiger partial charge >= 0.3 is 0 Å². The summed E-state index contributed by atoms with van der Waals surface area (Å²) in [4.78, 5) is 7.18. The highest BCUT2D eigenvalue weighted by Gasteiger charge is 2.15. The Kier molecular flexibility index (Phi) is 2.76. The summed E-state index contributed by atoms with van der Waals surface area (Å²) in [6.07, 6.45) is 0. The molecule has 1 heterocycles. The fraction of sp³-hybridized carbons (Fsp3) is 0.0714. The van der Waals surface area contributed by atoms with Gasteiger partial charge in [0.2, 0.25) is 0 Å². The number of aromatic amines is 1. The van der Waals surface area contributed by atoms with Crippen molar-refractivity contribution in [3.05, 3.63) is 53.6 Å². The standard InChI is InChI=1S/C14H11F2N3/c15-9-4-2-5-10(16)12(9)14-18-11-6-1-3-8(7-17)13(11)19-14/h1-6H,7,17H2,(H,18,19). The number of fused-ring (bicyclic) bond motifs is 1. The van der Waals surface area contributed by atoms with Gasteiger partial charge in [-0.2, -0.15) is 0 Å². The van der Waals surface area contributed by atoms with Gasteiger partial charge in [0.1, 0.15) is 17.5 Å². The van der Waals surface area contributed by atoms with Crippen molar-refractivity contribution in [1.82, 2.24) is 9.97 Å². The summed E-state index contributed by atoms with van der Waals surface area (Å²) >= 11 is 0. The molecular weight excluding hydrogens is 248 g/mol. The van der Waals surface area contributed by atoms with E-state index in [1.54, 1.807) is 6.07 Å². The average Bonchev–Trinajstić information content (AvgIpc) is 2.81. The third-order valence-corrected chi connectivity index (χ3v) is 3.02. The van der Waals surface area contributed by atoms with Gasteiger partial charge in [0.15, 0.2) is 0 Å². The second kappa shape index (κ2) is 4.44. The van der Waals surface area contributed by atoms with Crippen LogP contribution in [-0.4, -0.2) is 9.97 Å². The number of nitrogens with one attached hydrogen (secondary N) is 1. The summed E-state index contributed by atoms with van der Waals surface area (Å²) in [6.45, 7) is 0.321. The zero-order chi connectivity index (χ0) is 13.4. The lowest BCUT2D eigenvalue weighted by atomic mass is 10.2. The van der Waals surface area contributed by atoms with Crippen molar-refractivity contribution in [3.63, 3.8) is 0 Å². The van der Waals surface area contributed by atoms with E-state index in [0.717, 1.165) is 5.56 Å². The molecule has 0 aliphatic heterocycles. The van der Waals surface area contributed by atoms with E-state index in [9.17, 15) is 8.78 Å². The molecule has 3 nitrogen and oxygen atoms in total. The number of benzene rings is 2. The molecule has 0 saturated heterocycles. The summed E-state index contributed by atoms with van der Waals surface area (Å²) in [5.74, 6) is -1.12.